The van der Waals surface area contributed by atoms with Crippen molar-refractivity contribution in [3.8, 4) is 0 Å². The molecular formula is C13H12F4O. The largest absolute Gasteiger partial charge is 0.419 e. The smallest absolute Gasteiger partial charge is 0.294 e. The number of hydrogen-bond donors (Lipinski definition) is 0. The van der Waals surface area contributed by atoms with E-state index in [1.54, 1.807) is 0 Å². The topological polar surface area (TPSA) is 17.1 Å². The number of alkyl halides is 3. The number of ketones is 1. The molecule has 0 bridgehead atoms. The summed E-state index contributed by atoms with van der Waals surface area (Å²) in [6.07, 6.45) is -1.52. The Morgan fingerprint density at radius 1 is 1.17 bits per heavy atom. The molecule has 1 aromatic carbocycles. The first-order valence-electron chi connectivity index (χ1n) is 5.80. The highest BCUT2D eigenvalue weighted by atomic mass is 19.4. The van der Waals surface area contributed by atoms with E-state index in [1.807, 2.05) is 0 Å². The van der Waals surface area contributed by atoms with Crippen LogP contribution in [-0.2, 0) is 6.18 Å². The third-order valence-electron chi connectivity index (χ3n) is 3.28. The summed E-state index contributed by atoms with van der Waals surface area (Å²) in [5.74, 6) is -1.86. The van der Waals surface area contributed by atoms with Gasteiger partial charge in [-0.05, 0) is 31.0 Å². The summed E-state index contributed by atoms with van der Waals surface area (Å²) < 4.78 is 50.6. The zero-order valence-corrected chi connectivity index (χ0v) is 9.56. The van der Waals surface area contributed by atoms with E-state index in [0.717, 1.165) is 18.9 Å². The molecule has 0 atom stereocenters. The van der Waals surface area contributed by atoms with Crippen molar-refractivity contribution < 1.29 is 22.4 Å². The van der Waals surface area contributed by atoms with E-state index in [-0.39, 0.29) is 17.3 Å². The summed E-state index contributed by atoms with van der Waals surface area (Å²) in [7, 11) is 0. The van der Waals surface area contributed by atoms with E-state index >= 15 is 0 Å². The first-order valence-corrected chi connectivity index (χ1v) is 5.80. The minimum absolute atomic E-state index is 0.0457. The van der Waals surface area contributed by atoms with Gasteiger partial charge < -0.3 is 0 Å². The average molecular weight is 260 g/mol. The van der Waals surface area contributed by atoms with Gasteiger partial charge in [0.2, 0.25) is 0 Å². The van der Waals surface area contributed by atoms with Gasteiger partial charge in [-0.3, -0.25) is 4.79 Å². The van der Waals surface area contributed by atoms with Crippen molar-refractivity contribution >= 4 is 5.78 Å². The van der Waals surface area contributed by atoms with E-state index in [1.165, 1.54) is 0 Å². The van der Waals surface area contributed by atoms with Crippen LogP contribution in [0.1, 0.15) is 41.6 Å². The van der Waals surface area contributed by atoms with Crippen LogP contribution in [0.5, 0.6) is 0 Å². The van der Waals surface area contributed by atoms with Gasteiger partial charge in [0.05, 0.1) is 5.56 Å². The van der Waals surface area contributed by atoms with Crippen LogP contribution in [0.2, 0.25) is 0 Å². The van der Waals surface area contributed by atoms with Crippen LogP contribution >= 0.6 is 0 Å². The summed E-state index contributed by atoms with van der Waals surface area (Å²) in [5.41, 5.74) is -1.41. The SMILES string of the molecule is O=C(c1ccc(F)c(C(F)(F)F)c1)C1CCCC1. The van der Waals surface area contributed by atoms with Crippen LogP contribution in [0.25, 0.3) is 0 Å². The second-order valence-corrected chi connectivity index (χ2v) is 4.54. The normalized spacial score (nSPS) is 17.1. The molecule has 5 heteroatoms. The van der Waals surface area contributed by atoms with Gasteiger partial charge >= 0.3 is 6.18 Å². The van der Waals surface area contributed by atoms with Crippen molar-refractivity contribution in [2.24, 2.45) is 5.92 Å². The number of halogens is 4. The molecule has 1 fully saturated rings. The minimum Gasteiger partial charge on any atom is -0.294 e. The number of carbonyl (C=O) groups excluding carboxylic acids is 1. The van der Waals surface area contributed by atoms with E-state index in [4.69, 9.17) is 0 Å². The number of Topliss-reactive ketones (excluding diaryl/α,β-unsaturated/α-hetero) is 1. The lowest BCUT2D eigenvalue weighted by atomic mass is 9.95. The summed E-state index contributed by atoms with van der Waals surface area (Å²) in [6, 6.07) is 2.46. The van der Waals surface area contributed by atoms with Crippen molar-refractivity contribution in [2.75, 3.05) is 0 Å². The Labute approximate surface area is 102 Å². The van der Waals surface area contributed by atoms with E-state index < -0.39 is 17.6 Å². The van der Waals surface area contributed by atoms with Crippen molar-refractivity contribution in [2.45, 2.75) is 31.9 Å². The van der Waals surface area contributed by atoms with E-state index in [0.29, 0.717) is 25.0 Å². The lowest BCUT2D eigenvalue weighted by Crippen LogP contribution is -2.14. The fraction of sp³-hybridized carbons (Fsp3) is 0.462. The van der Waals surface area contributed by atoms with Crippen molar-refractivity contribution in [3.63, 3.8) is 0 Å². The van der Waals surface area contributed by atoms with Crippen molar-refractivity contribution in [3.05, 3.63) is 35.1 Å². The Balaban J connectivity index is 2.32. The maximum atomic E-state index is 13.1. The zero-order valence-electron chi connectivity index (χ0n) is 9.56. The number of carbonyl (C=O) groups is 1. The summed E-state index contributed by atoms with van der Waals surface area (Å²) in [6.45, 7) is 0. The standard InChI is InChI=1S/C13H12F4O/c14-11-6-5-9(7-10(11)13(15,16)17)12(18)8-3-1-2-4-8/h5-8H,1-4H2. The predicted molar refractivity (Wildman–Crippen MR) is 57.7 cm³/mol. The highest BCUT2D eigenvalue weighted by molar-refractivity contribution is 5.98. The van der Waals surface area contributed by atoms with E-state index in [9.17, 15) is 22.4 Å². The summed E-state index contributed by atoms with van der Waals surface area (Å²) in [4.78, 5) is 11.9. The molecule has 0 saturated heterocycles. The molecule has 1 saturated carbocycles. The number of rotatable bonds is 2. The molecule has 0 radical (unpaired) electrons. The van der Waals surface area contributed by atoms with Crippen molar-refractivity contribution in [1.29, 1.82) is 0 Å². The van der Waals surface area contributed by atoms with Gasteiger partial charge in [-0.15, -0.1) is 0 Å². The molecule has 98 valence electrons. The molecule has 0 aromatic heterocycles. The number of benzene rings is 1. The lowest BCUT2D eigenvalue weighted by molar-refractivity contribution is -0.140. The van der Waals surface area contributed by atoms with Gasteiger partial charge in [0.15, 0.2) is 5.78 Å². The lowest BCUT2D eigenvalue weighted by Gasteiger charge is -2.12. The van der Waals surface area contributed by atoms with Crippen LogP contribution in [-0.4, -0.2) is 5.78 Å². The molecule has 18 heavy (non-hydrogen) atoms. The Kier molecular flexibility index (Phi) is 3.41. The second-order valence-electron chi connectivity index (χ2n) is 4.54. The van der Waals surface area contributed by atoms with Crippen molar-refractivity contribution in [1.82, 2.24) is 0 Å². The summed E-state index contributed by atoms with van der Waals surface area (Å²) >= 11 is 0. The monoisotopic (exact) mass is 260 g/mol. The van der Waals surface area contributed by atoms with Gasteiger partial charge in [0, 0.05) is 11.5 Å². The Bertz CT molecular complexity index is 459. The third-order valence-corrected chi connectivity index (χ3v) is 3.28. The van der Waals surface area contributed by atoms with Crippen LogP contribution in [0, 0.1) is 11.7 Å². The molecule has 0 amide bonds. The summed E-state index contributed by atoms with van der Waals surface area (Å²) in [5, 5.41) is 0. The maximum absolute atomic E-state index is 13.1. The molecule has 2 rings (SSSR count). The Hall–Kier alpha value is -1.39. The third kappa shape index (κ3) is 2.54. The average Bonchev–Trinajstić information content (AvgIpc) is 2.80. The van der Waals surface area contributed by atoms with E-state index in [2.05, 4.69) is 0 Å². The minimum atomic E-state index is -4.77. The molecule has 1 aromatic rings. The Morgan fingerprint density at radius 2 is 1.78 bits per heavy atom. The van der Waals surface area contributed by atoms with Gasteiger partial charge in [-0.25, -0.2) is 4.39 Å². The van der Waals surface area contributed by atoms with Crippen LogP contribution in [0.3, 0.4) is 0 Å². The van der Waals surface area contributed by atoms with Gasteiger partial charge in [-0.2, -0.15) is 13.2 Å². The highest BCUT2D eigenvalue weighted by Crippen LogP contribution is 2.34. The molecule has 0 aliphatic heterocycles. The zero-order chi connectivity index (χ0) is 13.3. The van der Waals surface area contributed by atoms with Gasteiger partial charge in [0.1, 0.15) is 5.82 Å². The maximum Gasteiger partial charge on any atom is 0.419 e. The second kappa shape index (κ2) is 4.71. The van der Waals surface area contributed by atoms with Crippen LogP contribution in [0.4, 0.5) is 17.6 Å². The van der Waals surface area contributed by atoms with Gasteiger partial charge in [-0.1, -0.05) is 12.8 Å². The molecule has 1 nitrogen and oxygen atoms in total. The molecule has 1 aliphatic carbocycles. The molecule has 0 heterocycles. The fourth-order valence-electron chi connectivity index (χ4n) is 2.32. The highest BCUT2D eigenvalue weighted by Gasteiger charge is 2.35. The molecular weight excluding hydrogens is 248 g/mol. The first-order chi connectivity index (χ1) is 8.39. The Morgan fingerprint density at radius 3 is 2.33 bits per heavy atom. The first kappa shape index (κ1) is 13.1. The predicted octanol–water partition coefficient (Wildman–Crippen LogP) is 4.22. The van der Waals surface area contributed by atoms with Crippen LogP contribution < -0.4 is 0 Å². The molecule has 0 unspecified atom stereocenters. The fourth-order valence-corrected chi connectivity index (χ4v) is 2.32. The quantitative estimate of drug-likeness (QED) is 0.574. The molecule has 0 spiro atoms. The molecule has 0 N–H and O–H groups in total. The van der Waals surface area contributed by atoms with Crippen LogP contribution in [0.15, 0.2) is 18.2 Å². The molecule has 1 aliphatic rings. The number of hydrogen-bond acceptors (Lipinski definition) is 1. The van der Waals surface area contributed by atoms with Gasteiger partial charge in [0.25, 0.3) is 0 Å².